The third kappa shape index (κ3) is 3.08. The number of aryl methyl sites for hydroxylation is 1. The van der Waals surface area contributed by atoms with Crippen LogP contribution >= 0.6 is 0 Å². The molecule has 0 spiro atoms. The summed E-state index contributed by atoms with van der Waals surface area (Å²) in [7, 11) is 0. The summed E-state index contributed by atoms with van der Waals surface area (Å²) >= 11 is 0. The van der Waals surface area contributed by atoms with E-state index in [1.54, 1.807) is 26.2 Å². The predicted molar refractivity (Wildman–Crippen MR) is 102 cm³/mol. The molecule has 6 heteroatoms. The van der Waals surface area contributed by atoms with Crippen molar-refractivity contribution in [2.75, 3.05) is 0 Å². The molecule has 0 amide bonds. The summed E-state index contributed by atoms with van der Waals surface area (Å²) in [6, 6.07) is 0. The van der Waals surface area contributed by atoms with Gasteiger partial charge in [0.05, 0.1) is 6.26 Å². The number of allylic oxidation sites excluding steroid dienone is 1. The maximum atomic E-state index is 12.7. The molecule has 1 fully saturated rings. The molecule has 0 unspecified atom stereocenters. The number of aliphatic hydroxyl groups excluding tert-OH is 1. The fourth-order valence-corrected chi connectivity index (χ4v) is 4.98. The maximum Gasteiger partial charge on any atom is 0.334 e. The number of ether oxygens (including phenoxy) is 2. The molecule has 1 heterocycles. The van der Waals surface area contributed by atoms with E-state index < -0.39 is 23.6 Å². The number of carbonyl (C=O) groups excluding carboxylic acids is 2. The number of aliphatic hydroxyl groups is 1. The molecule has 2 aliphatic rings. The first-order valence-corrected chi connectivity index (χ1v) is 9.89. The van der Waals surface area contributed by atoms with Gasteiger partial charge in [0.1, 0.15) is 24.1 Å². The first-order chi connectivity index (χ1) is 13.1. The number of fused-ring (bicyclic) bond motifs is 2. The fraction of sp³-hybridized carbons (Fsp3) is 0.636. The molecule has 0 saturated heterocycles. The van der Waals surface area contributed by atoms with E-state index in [1.807, 2.05) is 20.8 Å². The van der Waals surface area contributed by atoms with Crippen molar-refractivity contribution >= 4 is 11.9 Å². The lowest BCUT2D eigenvalue weighted by Crippen LogP contribution is -2.54. The van der Waals surface area contributed by atoms with Crippen LogP contribution in [-0.2, 0) is 19.1 Å². The molecular formula is C22H30O6. The van der Waals surface area contributed by atoms with Crippen molar-refractivity contribution in [1.29, 1.82) is 0 Å². The average molecular weight is 390 g/mol. The second kappa shape index (κ2) is 7.39. The molecule has 1 aromatic heterocycles. The summed E-state index contributed by atoms with van der Waals surface area (Å²) in [5, 5.41) is 11.1. The predicted octanol–water partition coefficient (Wildman–Crippen LogP) is 4.17. The molecule has 0 radical (unpaired) electrons. The van der Waals surface area contributed by atoms with Crippen molar-refractivity contribution in [3.8, 4) is 0 Å². The Labute approximate surface area is 165 Å². The molecule has 0 aliphatic heterocycles. The van der Waals surface area contributed by atoms with Crippen LogP contribution in [0.5, 0.6) is 0 Å². The van der Waals surface area contributed by atoms with Gasteiger partial charge in [0.25, 0.3) is 0 Å². The van der Waals surface area contributed by atoms with Crippen LogP contribution in [0.15, 0.2) is 22.3 Å². The number of rotatable bonds is 3. The molecule has 1 N–H and O–H groups in total. The van der Waals surface area contributed by atoms with Crippen molar-refractivity contribution in [3.63, 3.8) is 0 Å². The monoisotopic (exact) mass is 390 g/mol. The summed E-state index contributed by atoms with van der Waals surface area (Å²) in [6.45, 7) is 10.8. The Morgan fingerprint density at radius 3 is 2.57 bits per heavy atom. The van der Waals surface area contributed by atoms with E-state index in [9.17, 15) is 14.7 Å². The summed E-state index contributed by atoms with van der Waals surface area (Å²) in [5.74, 6) is -0.521. The fourth-order valence-electron chi connectivity index (χ4n) is 4.98. The van der Waals surface area contributed by atoms with Gasteiger partial charge >= 0.3 is 11.9 Å². The van der Waals surface area contributed by atoms with E-state index in [0.717, 1.165) is 11.1 Å². The van der Waals surface area contributed by atoms with E-state index in [4.69, 9.17) is 13.9 Å². The second-order valence-corrected chi connectivity index (χ2v) is 8.38. The van der Waals surface area contributed by atoms with Gasteiger partial charge in [-0.05, 0) is 39.2 Å². The maximum absolute atomic E-state index is 12.7. The molecular weight excluding hydrogens is 360 g/mol. The largest absolute Gasteiger partial charge is 0.466 e. The summed E-state index contributed by atoms with van der Waals surface area (Å²) < 4.78 is 17.3. The molecule has 0 aromatic carbocycles. The van der Waals surface area contributed by atoms with Gasteiger partial charge in [0.15, 0.2) is 0 Å². The van der Waals surface area contributed by atoms with E-state index in [2.05, 4.69) is 0 Å². The highest BCUT2D eigenvalue weighted by molar-refractivity contribution is 5.87. The third-order valence-electron chi connectivity index (χ3n) is 6.93. The summed E-state index contributed by atoms with van der Waals surface area (Å²) in [4.78, 5) is 24.3. The van der Waals surface area contributed by atoms with Crippen LogP contribution in [0.4, 0.5) is 0 Å². The first kappa shape index (κ1) is 20.6. The number of furan rings is 1. The van der Waals surface area contributed by atoms with Crippen molar-refractivity contribution in [2.45, 2.75) is 72.7 Å². The Balaban J connectivity index is 2.11. The molecule has 1 aromatic rings. The topological polar surface area (TPSA) is 86.0 Å². The van der Waals surface area contributed by atoms with Crippen LogP contribution in [0, 0.1) is 24.2 Å². The highest BCUT2D eigenvalue weighted by Gasteiger charge is 2.60. The lowest BCUT2D eigenvalue weighted by molar-refractivity contribution is -0.198. The average Bonchev–Trinajstić information content (AvgIpc) is 3.02. The molecule has 28 heavy (non-hydrogen) atoms. The molecule has 6 atom stereocenters. The smallest absolute Gasteiger partial charge is 0.334 e. The molecule has 2 aliphatic carbocycles. The molecule has 3 rings (SSSR count). The number of esters is 2. The Morgan fingerprint density at radius 1 is 1.29 bits per heavy atom. The Kier molecular flexibility index (Phi) is 5.45. The van der Waals surface area contributed by atoms with E-state index in [1.165, 1.54) is 6.92 Å². The van der Waals surface area contributed by atoms with E-state index >= 15 is 0 Å². The lowest BCUT2D eigenvalue weighted by atomic mass is 9.52. The molecule has 1 saturated carbocycles. The Hall–Kier alpha value is -2.08. The highest BCUT2D eigenvalue weighted by Crippen LogP contribution is 2.63. The van der Waals surface area contributed by atoms with Gasteiger partial charge in [0, 0.05) is 35.3 Å². The summed E-state index contributed by atoms with van der Waals surface area (Å²) in [5.41, 5.74) is 1.49. The van der Waals surface area contributed by atoms with Gasteiger partial charge in [-0.25, -0.2) is 4.79 Å². The van der Waals surface area contributed by atoms with Gasteiger partial charge in [-0.15, -0.1) is 0 Å². The van der Waals surface area contributed by atoms with Crippen LogP contribution in [-0.4, -0.2) is 23.1 Å². The SMILES string of the molecule is CC=C(C)C(=O)O[C@@H]1c2c(C)coc2[C@H](O)[C@@H]2CC[C@H](OC(C)=O)[C@H](C)[C@@]12C. The van der Waals surface area contributed by atoms with Crippen molar-refractivity contribution in [2.24, 2.45) is 17.3 Å². The molecule has 0 bridgehead atoms. The second-order valence-electron chi connectivity index (χ2n) is 8.38. The van der Waals surface area contributed by atoms with Crippen LogP contribution in [0.25, 0.3) is 0 Å². The Bertz CT molecular complexity index is 806. The molecule has 6 nitrogen and oxygen atoms in total. The highest BCUT2D eigenvalue weighted by atomic mass is 16.6. The third-order valence-corrected chi connectivity index (χ3v) is 6.93. The zero-order valence-corrected chi connectivity index (χ0v) is 17.4. The standard InChI is InChI=1S/C22H30O6/c1-7-11(2)21(25)28-20-17-12(3)10-26-19(17)18(24)15-8-9-16(27-14(5)23)13(4)22(15,20)6/h7,10,13,15-16,18,20,24H,8-9H2,1-6H3/t13-,15-,16-,18+,20+,22+/m0/s1. The quantitative estimate of drug-likeness (QED) is 0.616. The number of hydrogen-bond acceptors (Lipinski definition) is 6. The van der Waals surface area contributed by atoms with Gasteiger partial charge < -0.3 is 19.0 Å². The van der Waals surface area contributed by atoms with Crippen LogP contribution in [0.2, 0.25) is 0 Å². The molecule has 154 valence electrons. The normalized spacial score (nSPS) is 35.0. The van der Waals surface area contributed by atoms with Crippen molar-refractivity contribution in [3.05, 3.63) is 34.8 Å². The van der Waals surface area contributed by atoms with Gasteiger partial charge in [-0.3, -0.25) is 4.79 Å². The van der Waals surface area contributed by atoms with Gasteiger partial charge in [-0.2, -0.15) is 0 Å². The zero-order chi connectivity index (χ0) is 20.8. The van der Waals surface area contributed by atoms with Crippen LogP contribution in [0.3, 0.4) is 0 Å². The van der Waals surface area contributed by atoms with E-state index in [0.29, 0.717) is 24.2 Å². The van der Waals surface area contributed by atoms with Gasteiger partial charge in [-0.1, -0.05) is 19.9 Å². The summed E-state index contributed by atoms with van der Waals surface area (Å²) in [6.07, 6.45) is 2.96. The van der Waals surface area contributed by atoms with Crippen molar-refractivity contribution < 1.29 is 28.6 Å². The zero-order valence-electron chi connectivity index (χ0n) is 17.4. The van der Waals surface area contributed by atoms with E-state index in [-0.39, 0.29) is 23.9 Å². The minimum atomic E-state index is -0.785. The minimum Gasteiger partial charge on any atom is -0.466 e. The van der Waals surface area contributed by atoms with Crippen LogP contribution in [0.1, 0.15) is 76.6 Å². The number of hydrogen-bond donors (Lipinski definition) is 1. The first-order valence-electron chi connectivity index (χ1n) is 9.89. The van der Waals surface area contributed by atoms with Gasteiger partial charge in [0.2, 0.25) is 0 Å². The number of carbonyl (C=O) groups is 2. The Morgan fingerprint density at radius 2 is 1.96 bits per heavy atom. The van der Waals surface area contributed by atoms with Crippen molar-refractivity contribution in [1.82, 2.24) is 0 Å². The van der Waals surface area contributed by atoms with Crippen LogP contribution < -0.4 is 0 Å². The lowest BCUT2D eigenvalue weighted by Gasteiger charge is -2.55. The minimum absolute atomic E-state index is 0.115.